The van der Waals surface area contributed by atoms with Crippen molar-refractivity contribution >= 4 is 5.97 Å². The van der Waals surface area contributed by atoms with Crippen LogP contribution >= 0.6 is 0 Å². The average molecular weight is 229 g/mol. The maximum atomic E-state index is 10.5. The van der Waals surface area contributed by atoms with E-state index >= 15 is 0 Å². The van der Waals surface area contributed by atoms with E-state index in [0.717, 1.165) is 12.8 Å². The van der Waals surface area contributed by atoms with E-state index in [1.807, 2.05) is 0 Å². The number of aliphatic carboxylic acids is 1. The van der Waals surface area contributed by atoms with Crippen molar-refractivity contribution in [3.05, 3.63) is 0 Å². The Kier molecular flexibility index (Phi) is 5.22. The summed E-state index contributed by atoms with van der Waals surface area (Å²) in [7, 11) is 0. The second-order valence-corrected chi connectivity index (χ2v) is 5.14. The molecule has 0 aromatic carbocycles. The molecular formula is C12H23NO3. The molecule has 0 amide bonds. The summed E-state index contributed by atoms with van der Waals surface area (Å²) in [6, 6.07) is 0.447. The molecule has 1 saturated carbocycles. The normalized spacial score (nSPS) is 22.4. The predicted molar refractivity (Wildman–Crippen MR) is 62.4 cm³/mol. The minimum atomic E-state index is -1.14. The monoisotopic (exact) mass is 229 g/mol. The number of rotatable bonds is 5. The molecule has 16 heavy (non-hydrogen) atoms. The first-order valence-electron chi connectivity index (χ1n) is 6.17. The van der Waals surface area contributed by atoms with E-state index in [0.29, 0.717) is 12.6 Å². The minimum Gasteiger partial charge on any atom is -0.481 e. The van der Waals surface area contributed by atoms with Gasteiger partial charge in [0.25, 0.3) is 0 Å². The highest BCUT2D eigenvalue weighted by molar-refractivity contribution is 5.68. The van der Waals surface area contributed by atoms with E-state index in [-0.39, 0.29) is 6.42 Å². The van der Waals surface area contributed by atoms with Crippen LogP contribution in [0.4, 0.5) is 0 Å². The molecule has 0 spiro atoms. The first-order valence-corrected chi connectivity index (χ1v) is 6.17. The number of carboxylic acids is 1. The van der Waals surface area contributed by atoms with Crippen molar-refractivity contribution in [2.75, 3.05) is 6.54 Å². The van der Waals surface area contributed by atoms with Gasteiger partial charge in [-0.25, -0.2) is 0 Å². The number of hydrogen-bond acceptors (Lipinski definition) is 3. The van der Waals surface area contributed by atoms with Gasteiger partial charge >= 0.3 is 5.97 Å². The SMILES string of the molecule is CC(O)(CNC1CCCCCC1)CC(=O)O. The van der Waals surface area contributed by atoms with Crippen LogP contribution in [0.15, 0.2) is 0 Å². The molecule has 0 bridgehead atoms. The van der Waals surface area contributed by atoms with Gasteiger partial charge in [0.05, 0.1) is 12.0 Å². The van der Waals surface area contributed by atoms with Gasteiger partial charge in [0.2, 0.25) is 0 Å². The van der Waals surface area contributed by atoms with Crippen LogP contribution in [-0.2, 0) is 4.79 Å². The fraction of sp³-hybridized carbons (Fsp3) is 0.917. The van der Waals surface area contributed by atoms with Gasteiger partial charge < -0.3 is 15.5 Å². The number of hydrogen-bond donors (Lipinski definition) is 3. The number of aliphatic hydroxyl groups is 1. The molecule has 4 heteroatoms. The molecule has 1 aliphatic rings. The third-order valence-electron chi connectivity index (χ3n) is 3.16. The first-order chi connectivity index (χ1) is 7.49. The Hall–Kier alpha value is -0.610. The van der Waals surface area contributed by atoms with Gasteiger partial charge in [-0.1, -0.05) is 25.7 Å². The average Bonchev–Trinajstić information content (AvgIpc) is 2.40. The molecule has 0 heterocycles. The van der Waals surface area contributed by atoms with Crippen LogP contribution in [0.1, 0.15) is 51.9 Å². The lowest BCUT2D eigenvalue weighted by Gasteiger charge is -2.25. The fourth-order valence-corrected chi connectivity index (χ4v) is 2.24. The largest absolute Gasteiger partial charge is 0.481 e. The lowest BCUT2D eigenvalue weighted by molar-refractivity contribution is -0.141. The molecule has 0 radical (unpaired) electrons. The molecule has 1 rings (SSSR count). The molecular weight excluding hydrogens is 206 g/mol. The van der Waals surface area contributed by atoms with Crippen LogP contribution in [0, 0.1) is 0 Å². The minimum absolute atomic E-state index is 0.202. The highest BCUT2D eigenvalue weighted by atomic mass is 16.4. The topological polar surface area (TPSA) is 69.6 Å². The summed E-state index contributed by atoms with van der Waals surface area (Å²) in [6.45, 7) is 1.94. The van der Waals surface area contributed by atoms with Crippen molar-refractivity contribution in [1.82, 2.24) is 5.32 Å². The van der Waals surface area contributed by atoms with E-state index in [1.165, 1.54) is 25.7 Å². The van der Waals surface area contributed by atoms with Crippen molar-refractivity contribution in [2.24, 2.45) is 0 Å². The molecule has 0 aromatic rings. The number of nitrogens with one attached hydrogen (secondary N) is 1. The van der Waals surface area contributed by atoms with Crippen molar-refractivity contribution in [2.45, 2.75) is 63.5 Å². The summed E-state index contributed by atoms with van der Waals surface area (Å²) in [4.78, 5) is 10.5. The standard InChI is InChI=1S/C12H23NO3/c1-12(16,8-11(14)15)9-13-10-6-4-2-3-5-7-10/h10,13,16H,2-9H2,1H3,(H,14,15). The van der Waals surface area contributed by atoms with Gasteiger partial charge in [-0.3, -0.25) is 4.79 Å². The molecule has 0 aliphatic heterocycles. The van der Waals surface area contributed by atoms with Crippen LogP contribution in [0.3, 0.4) is 0 Å². The molecule has 1 aliphatic carbocycles. The van der Waals surface area contributed by atoms with Crippen molar-refractivity contribution in [3.8, 4) is 0 Å². The van der Waals surface area contributed by atoms with Gasteiger partial charge in [-0.2, -0.15) is 0 Å². The predicted octanol–water partition coefficient (Wildman–Crippen LogP) is 1.52. The molecule has 1 fully saturated rings. The van der Waals surface area contributed by atoms with E-state index in [2.05, 4.69) is 5.32 Å². The van der Waals surface area contributed by atoms with Crippen LogP contribution in [0.25, 0.3) is 0 Å². The van der Waals surface area contributed by atoms with Crippen LogP contribution in [-0.4, -0.2) is 34.4 Å². The van der Waals surface area contributed by atoms with Gasteiger partial charge in [0.15, 0.2) is 0 Å². The molecule has 1 unspecified atom stereocenters. The zero-order valence-electron chi connectivity index (χ0n) is 10.0. The fourth-order valence-electron chi connectivity index (χ4n) is 2.24. The third-order valence-corrected chi connectivity index (χ3v) is 3.16. The van der Waals surface area contributed by atoms with Crippen molar-refractivity contribution in [3.63, 3.8) is 0 Å². The summed E-state index contributed by atoms with van der Waals surface area (Å²) in [6.07, 6.45) is 7.14. The second-order valence-electron chi connectivity index (χ2n) is 5.14. The summed E-state index contributed by atoms with van der Waals surface area (Å²) in [5.41, 5.74) is -1.14. The zero-order chi connectivity index (χ0) is 12.0. The molecule has 94 valence electrons. The van der Waals surface area contributed by atoms with Gasteiger partial charge in [0.1, 0.15) is 0 Å². The van der Waals surface area contributed by atoms with E-state index < -0.39 is 11.6 Å². The Morgan fingerprint density at radius 3 is 2.38 bits per heavy atom. The molecule has 0 aromatic heterocycles. The smallest absolute Gasteiger partial charge is 0.306 e. The number of carbonyl (C=O) groups is 1. The van der Waals surface area contributed by atoms with E-state index in [1.54, 1.807) is 6.92 Å². The third kappa shape index (κ3) is 5.47. The summed E-state index contributed by atoms with van der Waals surface area (Å²) < 4.78 is 0. The van der Waals surface area contributed by atoms with Crippen LogP contribution in [0.5, 0.6) is 0 Å². The van der Waals surface area contributed by atoms with E-state index in [9.17, 15) is 9.90 Å². The molecule has 3 N–H and O–H groups in total. The summed E-state index contributed by atoms with van der Waals surface area (Å²) >= 11 is 0. The maximum absolute atomic E-state index is 10.5. The highest BCUT2D eigenvalue weighted by Gasteiger charge is 2.25. The van der Waals surface area contributed by atoms with Gasteiger partial charge in [0, 0.05) is 12.6 Å². The molecule has 4 nitrogen and oxygen atoms in total. The molecule has 1 atom stereocenters. The summed E-state index contributed by atoms with van der Waals surface area (Å²) in [5, 5.41) is 21.8. The van der Waals surface area contributed by atoms with Crippen molar-refractivity contribution in [1.29, 1.82) is 0 Å². The Morgan fingerprint density at radius 1 is 1.31 bits per heavy atom. The second kappa shape index (κ2) is 6.21. The van der Waals surface area contributed by atoms with Crippen LogP contribution < -0.4 is 5.32 Å². The Balaban J connectivity index is 2.28. The highest BCUT2D eigenvalue weighted by Crippen LogP contribution is 2.18. The zero-order valence-corrected chi connectivity index (χ0v) is 10.0. The van der Waals surface area contributed by atoms with Crippen molar-refractivity contribution < 1.29 is 15.0 Å². The summed E-state index contributed by atoms with van der Waals surface area (Å²) in [5.74, 6) is -0.951. The van der Waals surface area contributed by atoms with Crippen LogP contribution in [0.2, 0.25) is 0 Å². The molecule has 0 saturated heterocycles. The lowest BCUT2D eigenvalue weighted by Crippen LogP contribution is -2.43. The first kappa shape index (κ1) is 13.5. The van der Waals surface area contributed by atoms with Gasteiger partial charge in [-0.15, -0.1) is 0 Å². The Labute approximate surface area is 97.0 Å². The Bertz CT molecular complexity index is 220. The van der Waals surface area contributed by atoms with Gasteiger partial charge in [-0.05, 0) is 19.8 Å². The Morgan fingerprint density at radius 2 is 1.88 bits per heavy atom. The lowest BCUT2D eigenvalue weighted by atomic mass is 10.0. The maximum Gasteiger partial charge on any atom is 0.306 e. The quantitative estimate of drug-likeness (QED) is 0.625. The number of carboxylic acid groups (broad SMARTS) is 1. The van der Waals surface area contributed by atoms with E-state index in [4.69, 9.17) is 5.11 Å².